The van der Waals surface area contributed by atoms with E-state index < -0.39 is 0 Å². The van der Waals surface area contributed by atoms with Crippen LogP contribution in [0.15, 0.2) is 16.5 Å². The molecule has 0 radical (unpaired) electrons. The molecule has 166 valence electrons. The third-order valence-corrected chi connectivity index (χ3v) is 8.03. The van der Waals surface area contributed by atoms with E-state index in [1.165, 1.54) is 11.3 Å². The standard InChI is InChI=1S/C23H30N4O3S/c1-15-5-7-18(30-15)14-24-21(28)17-6-8-19-20(13-17)31-23(25-19)27-11-9-26(10-12-27)22(29)16-3-2-4-16/h5,7,16-17H,2-4,6,8-14H2,1H3,(H,24,28)/t17-/m0/s1. The predicted octanol–water partition coefficient (Wildman–Crippen LogP) is 2.91. The van der Waals surface area contributed by atoms with Gasteiger partial charge in [-0.15, -0.1) is 11.3 Å². The minimum absolute atomic E-state index is 0.00574. The molecule has 0 unspecified atom stereocenters. The highest BCUT2D eigenvalue weighted by Gasteiger charge is 2.33. The van der Waals surface area contributed by atoms with Crippen molar-refractivity contribution in [2.24, 2.45) is 11.8 Å². The topological polar surface area (TPSA) is 78.7 Å². The summed E-state index contributed by atoms with van der Waals surface area (Å²) in [6.07, 6.45) is 5.77. The fourth-order valence-corrected chi connectivity index (χ4v) is 5.89. The molecule has 2 amide bonds. The molecule has 1 saturated carbocycles. The Labute approximate surface area is 186 Å². The van der Waals surface area contributed by atoms with Crippen molar-refractivity contribution in [2.75, 3.05) is 31.1 Å². The molecule has 0 bridgehead atoms. The van der Waals surface area contributed by atoms with Gasteiger partial charge in [-0.25, -0.2) is 4.98 Å². The van der Waals surface area contributed by atoms with Crippen LogP contribution in [0, 0.1) is 18.8 Å². The Morgan fingerprint density at radius 1 is 1.16 bits per heavy atom. The first-order valence-corrected chi connectivity index (χ1v) is 12.2. The summed E-state index contributed by atoms with van der Waals surface area (Å²) in [5.41, 5.74) is 1.15. The van der Waals surface area contributed by atoms with E-state index in [4.69, 9.17) is 9.40 Å². The van der Waals surface area contributed by atoms with Crippen molar-refractivity contribution in [2.45, 2.75) is 52.0 Å². The number of hydrogen-bond acceptors (Lipinski definition) is 6. The number of rotatable bonds is 5. The van der Waals surface area contributed by atoms with Crippen molar-refractivity contribution in [3.8, 4) is 0 Å². The highest BCUT2D eigenvalue weighted by molar-refractivity contribution is 7.15. The van der Waals surface area contributed by atoms with Gasteiger partial charge in [-0.3, -0.25) is 9.59 Å². The second-order valence-corrected chi connectivity index (χ2v) is 10.0. The number of anilines is 1. The summed E-state index contributed by atoms with van der Waals surface area (Å²) in [4.78, 5) is 35.6. The number of aryl methyl sites for hydroxylation is 2. The van der Waals surface area contributed by atoms with Crippen LogP contribution in [0.5, 0.6) is 0 Å². The molecule has 1 N–H and O–H groups in total. The van der Waals surface area contributed by atoms with E-state index in [1.54, 1.807) is 11.3 Å². The number of amides is 2. The van der Waals surface area contributed by atoms with E-state index in [0.717, 1.165) is 80.6 Å². The molecule has 1 saturated heterocycles. The quantitative estimate of drug-likeness (QED) is 0.770. The Kier molecular flexibility index (Phi) is 5.73. The third-order valence-electron chi connectivity index (χ3n) is 6.85. The molecule has 0 aromatic carbocycles. The highest BCUT2D eigenvalue weighted by Crippen LogP contribution is 2.35. The van der Waals surface area contributed by atoms with E-state index >= 15 is 0 Å². The number of aromatic nitrogens is 1. The Hall–Kier alpha value is -2.35. The van der Waals surface area contributed by atoms with Crippen molar-refractivity contribution in [1.82, 2.24) is 15.2 Å². The van der Waals surface area contributed by atoms with Gasteiger partial charge in [-0.1, -0.05) is 6.42 Å². The molecule has 31 heavy (non-hydrogen) atoms. The average molecular weight is 443 g/mol. The SMILES string of the molecule is Cc1ccc(CNC(=O)[C@H]2CCc3nc(N4CCN(C(=O)C5CCC5)CC4)sc3C2)o1. The van der Waals surface area contributed by atoms with Crippen molar-refractivity contribution < 1.29 is 14.0 Å². The fourth-order valence-electron chi connectivity index (χ4n) is 4.65. The Balaban J connectivity index is 1.15. The van der Waals surface area contributed by atoms with Crippen LogP contribution < -0.4 is 10.2 Å². The summed E-state index contributed by atoms with van der Waals surface area (Å²) in [7, 11) is 0. The molecule has 3 heterocycles. The number of carbonyl (C=O) groups is 2. The van der Waals surface area contributed by atoms with Crippen molar-refractivity contribution >= 4 is 28.3 Å². The minimum atomic E-state index is -0.00574. The zero-order chi connectivity index (χ0) is 21.4. The lowest BCUT2D eigenvalue weighted by Crippen LogP contribution is -2.51. The van der Waals surface area contributed by atoms with Crippen LogP contribution in [0.2, 0.25) is 0 Å². The molecule has 2 fully saturated rings. The second kappa shape index (κ2) is 8.65. The van der Waals surface area contributed by atoms with Gasteiger partial charge in [0.05, 0.1) is 12.2 Å². The van der Waals surface area contributed by atoms with Gasteiger partial charge < -0.3 is 19.5 Å². The Bertz CT molecular complexity index is 956. The second-order valence-electron chi connectivity index (χ2n) is 8.98. The Morgan fingerprint density at radius 3 is 2.65 bits per heavy atom. The highest BCUT2D eigenvalue weighted by atomic mass is 32.1. The maximum Gasteiger partial charge on any atom is 0.225 e. The van der Waals surface area contributed by atoms with Gasteiger partial charge in [0.1, 0.15) is 11.5 Å². The number of nitrogens with one attached hydrogen (secondary N) is 1. The molecule has 2 aromatic rings. The fraction of sp³-hybridized carbons (Fsp3) is 0.609. The molecule has 0 spiro atoms. The molecule has 1 aliphatic heterocycles. The van der Waals surface area contributed by atoms with Crippen LogP contribution in [0.1, 0.15) is 47.8 Å². The number of hydrogen-bond donors (Lipinski definition) is 1. The smallest absolute Gasteiger partial charge is 0.225 e. The zero-order valence-corrected chi connectivity index (χ0v) is 18.9. The molecular formula is C23H30N4O3S. The lowest BCUT2D eigenvalue weighted by molar-refractivity contribution is -0.138. The van der Waals surface area contributed by atoms with Gasteiger partial charge >= 0.3 is 0 Å². The molecular weight excluding hydrogens is 412 g/mol. The third kappa shape index (κ3) is 4.35. The first kappa shape index (κ1) is 20.5. The molecule has 1 atom stereocenters. The monoisotopic (exact) mass is 442 g/mol. The van der Waals surface area contributed by atoms with Gasteiger partial charge in [-0.05, 0) is 51.2 Å². The summed E-state index contributed by atoms with van der Waals surface area (Å²) < 4.78 is 5.54. The lowest BCUT2D eigenvalue weighted by Gasteiger charge is -2.38. The molecule has 2 aliphatic carbocycles. The van der Waals surface area contributed by atoms with Crippen LogP contribution in [-0.4, -0.2) is 47.9 Å². The normalized spacial score (nSPS) is 21.5. The van der Waals surface area contributed by atoms with Crippen molar-refractivity contribution in [3.63, 3.8) is 0 Å². The van der Waals surface area contributed by atoms with Crippen LogP contribution in [0.25, 0.3) is 0 Å². The van der Waals surface area contributed by atoms with Gasteiger partial charge in [0, 0.05) is 42.9 Å². The first-order valence-electron chi connectivity index (χ1n) is 11.4. The molecule has 3 aliphatic rings. The van der Waals surface area contributed by atoms with Crippen LogP contribution in [-0.2, 0) is 29.0 Å². The maximum absolute atomic E-state index is 12.7. The van der Waals surface area contributed by atoms with E-state index in [0.29, 0.717) is 12.5 Å². The van der Waals surface area contributed by atoms with Gasteiger partial charge in [-0.2, -0.15) is 0 Å². The van der Waals surface area contributed by atoms with E-state index in [2.05, 4.69) is 10.2 Å². The number of furan rings is 1. The average Bonchev–Trinajstić information content (AvgIpc) is 3.36. The summed E-state index contributed by atoms with van der Waals surface area (Å²) in [6, 6.07) is 3.82. The number of fused-ring (bicyclic) bond motifs is 1. The van der Waals surface area contributed by atoms with Gasteiger partial charge in [0.25, 0.3) is 0 Å². The Morgan fingerprint density at radius 2 is 1.97 bits per heavy atom. The van der Waals surface area contributed by atoms with E-state index in [9.17, 15) is 9.59 Å². The molecule has 2 aromatic heterocycles. The zero-order valence-electron chi connectivity index (χ0n) is 18.1. The van der Waals surface area contributed by atoms with Crippen LogP contribution in [0.4, 0.5) is 5.13 Å². The van der Waals surface area contributed by atoms with Gasteiger partial charge in [0.2, 0.25) is 11.8 Å². The lowest BCUT2D eigenvalue weighted by atomic mass is 9.84. The maximum atomic E-state index is 12.7. The van der Waals surface area contributed by atoms with E-state index in [1.807, 2.05) is 24.0 Å². The summed E-state index contributed by atoms with van der Waals surface area (Å²) in [5.74, 6) is 2.36. The summed E-state index contributed by atoms with van der Waals surface area (Å²) in [5, 5.41) is 4.07. The predicted molar refractivity (Wildman–Crippen MR) is 119 cm³/mol. The minimum Gasteiger partial charge on any atom is -0.465 e. The number of carbonyl (C=O) groups excluding carboxylic acids is 2. The summed E-state index contributed by atoms with van der Waals surface area (Å²) in [6.45, 7) is 5.61. The number of nitrogens with zero attached hydrogens (tertiary/aromatic N) is 3. The largest absolute Gasteiger partial charge is 0.465 e. The summed E-state index contributed by atoms with van der Waals surface area (Å²) >= 11 is 1.73. The van der Waals surface area contributed by atoms with Crippen molar-refractivity contribution in [3.05, 3.63) is 34.2 Å². The molecule has 7 nitrogen and oxygen atoms in total. The number of thiazole rings is 1. The van der Waals surface area contributed by atoms with E-state index in [-0.39, 0.29) is 17.7 Å². The first-order chi connectivity index (χ1) is 15.1. The van der Waals surface area contributed by atoms with Crippen LogP contribution >= 0.6 is 11.3 Å². The number of piperazine rings is 1. The van der Waals surface area contributed by atoms with Crippen molar-refractivity contribution in [1.29, 1.82) is 0 Å². The molecule has 5 rings (SSSR count). The van der Waals surface area contributed by atoms with Crippen LogP contribution in [0.3, 0.4) is 0 Å². The van der Waals surface area contributed by atoms with Gasteiger partial charge in [0.15, 0.2) is 5.13 Å². The molecule has 8 heteroatoms.